The number of nitrogens with one attached hydrogen (secondary N) is 2. The van der Waals surface area contributed by atoms with Crippen molar-refractivity contribution in [3.8, 4) is 0 Å². The van der Waals surface area contributed by atoms with Gasteiger partial charge in [-0.3, -0.25) is 4.99 Å². The maximum absolute atomic E-state index is 5.43. The molecule has 0 aliphatic rings. The van der Waals surface area contributed by atoms with Gasteiger partial charge in [-0.25, -0.2) is 0 Å². The molecular formula is C11H20IN3O2. The smallest absolute Gasteiger partial charge is 0.190 e. The van der Waals surface area contributed by atoms with Gasteiger partial charge in [0, 0.05) is 27.2 Å². The van der Waals surface area contributed by atoms with Gasteiger partial charge in [0.15, 0.2) is 5.96 Å². The van der Waals surface area contributed by atoms with Gasteiger partial charge in [-0.15, -0.1) is 24.0 Å². The maximum atomic E-state index is 5.43. The molecule has 0 atom stereocenters. The summed E-state index contributed by atoms with van der Waals surface area (Å²) in [6.07, 6.45) is 2.58. The maximum Gasteiger partial charge on any atom is 0.190 e. The van der Waals surface area contributed by atoms with Crippen molar-refractivity contribution in [2.45, 2.75) is 13.0 Å². The van der Waals surface area contributed by atoms with E-state index in [4.69, 9.17) is 9.15 Å². The van der Waals surface area contributed by atoms with Gasteiger partial charge < -0.3 is 19.8 Å². The molecule has 0 amide bonds. The second kappa shape index (κ2) is 10.4. The number of ether oxygens (including phenoxy) is 1. The third kappa shape index (κ3) is 7.22. The van der Waals surface area contributed by atoms with Gasteiger partial charge >= 0.3 is 0 Å². The number of guanidine groups is 1. The highest BCUT2D eigenvalue weighted by Crippen LogP contribution is 2.01. The van der Waals surface area contributed by atoms with Crippen LogP contribution in [-0.2, 0) is 11.3 Å². The van der Waals surface area contributed by atoms with E-state index in [1.807, 2.05) is 19.2 Å². The number of hydrogen-bond donors (Lipinski definition) is 2. The minimum absolute atomic E-state index is 0. The monoisotopic (exact) mass is 353 g/mol. The van der Waals surface area contributed by atoms with Gasteiger partial charge in [0.25, 0.3) is 0 Å². The molecule has 1 rings (SSSR count). The largest absolute Gasteiger partial charge is 0.467 e. The zero-order chi connectivity index (χ0) is 11.6. The van der Waals surface area contributed by atoms with E-state index < -0.39 is 0 Å². The molecule has 17 heavy (non-hydrogen) atoms. The fraction of sp³-hybridized carbons (Fsp3) is 0.545. The molecule has 6 heteroatoms. The lowest BCUT2D eigenvalue weighted by Crippen LogP contribution is -2.35. The molecular weight excluding hydrogens is 333 g/mol. The SMILES string of the molecule is CN=C(NC)NCCCOCc1ccco1.I. The van der Waals surface area contributed by atoms with Crippen LogP contribution < -0.4 is 10.6 Å². The minimum atomic E-state index is 0. The normalized spacial score (nSPS) is 10.8. The zero-order valence-electron chi connectivity index (χ0n) is 10.2. The summed E-state index contributed by atoms with van der Waals surface area (Å²) >= 11 is 0. The van der Waals surface area contributed by atoms with Crippen molar-refractivity contribution in [2.24, 2.45) is 4.99 Å². The first-order valence-electron chi connectivity index (χ1n) is 5.35. The van der Waals surface area contributed by atoms with E-state index in [0.717, 1.165) is 24.7 Å². The fourth-order valence-electron chi connectivity index (χ4n) is 1.23. The van der Waals surface area contributed by atoms with Gasteiger partial charge in [-0.05, 0) is 18.6 Å². The Morgan fingerprint density at radius 3 is 2.94 bits per heavy atom. The van der Waals surface area contributed by atoms with Crippen LogP contribution in [0.3, 0.4) is 0 Å². The van der Waals surface area contributed by atoms with Crippen molar-refractivity contribution in [2.75, 3.05) is 27.2 Å². The van der Waals surface area contributed by atoms with E-state index in [0.29, 0.717) is 13.2 Å². The summed E-state index contributed by atoms with van der Waals surface area (Å²) in [6, 6.07) is 3.76. The Balaban J connectivity index is 0.00000256. The summed E-state index contributed by atoms with van der Waals surface area (Å²) < 4.78 is 10.6. The van der Waals surface area contributed by atoms with E-state index in [1.54, 1.807) is 13.3 Å². The van der Waals surface area contributed by atoms with Crippen LogP contribution in [0.2, 0.25) is 0 Å². The molecule has 0 radical (unpaired) electrons. The molecule has 1 heterocycles. The Bertz CT molecular complexity index is 302. The zero-order valence-corrected chi connectivity index (χ0v) is 12.6. The van der Waals surface area contributed by atoms with Crippen LogP contribution in [0.25, 0.3) is 0 Å². The van der Waals surface area contributed by atoms with Gasteiger partial charge in [-0.1, -0.05) is 0 Å². The predicted octanol–water partition coefficient (Wildman–Crippen LogP) is 1.60. The molecule has 0 fully saturated rings. The summed E-state index contributed by atoms with van der Waals surface area (Å²) in [4.78, 5) is 4.00. The number of hydrogen-bond acceptors (Lipinski definition) is 3. The number of nitrogens with zero attached hydrogens (tertiary/aromatic N) is 1. The van der Waals surface area contributed by atoms with E-state index in [1.165, 1.54) is 0 Å². The molecule has 5 nitrogen and oxygen atoms in total. The van der Waals surface area contributed by atoms with Gasteiger partial charge in [0.1, 0.15) is 12.4 Å². The summed E-state index contributed by atoms with van der Waals surface area (Å²) in [6.45, 7) is 2.08. The quantitative estimate of drug-likeness (QED) is 0.353. The molecule has 0 spiro atoms. The highest BCUT2D eigenvalue weighted by atomic mass is 127. The first kappa shape index (κ1) is 16.2. The van der Waals surface area contributed by atoms with Crippen LogP contribution in [0.4, 0.5) is 0 Å². The third-order valence-corrected chi connectivity index (χ3v) is 2.04. The van der Waals surface area contributed by atoms with E-state index >= 15 is 0 Å². The predicted molar refractivity (Wildman–Crippen MR) is 78.8 cm³/mol. The van der Waals surface area contributed by atoms with Crippen molar-refractivity contribution in [1.82, 2.24) is 10.6 Å². The van der Waals surface area contributed by atoms with Gasteiger partial charge in [0.2, 0.25) is 0 Å². The first-order chi connectivity index (χ1) is 7.86. The van der Waals surface area contributed by atoms with E-state index in [2.05, 4.69) is 15.6 Å². The van der Waals surface area contributed by atoms with E-state index in [9.17, 15) is 0 Å². The Hall–Kier alpha value is -0.760. The average Bonchev–Trinajstić information content (AvgIpc) is 2.81. The third-order valence-electron chi connectivity index (χ3n) is 2.04. The van der Waals surface area contributed by atoms with Crippen molar-refractivity contribution in [3.05, 3.63) is 24.2 Å². The van der Waals surface area contributed by atoms with Crippen LogP contribution in [0, 0.1) is 0 Å². The molecule has 0 aliphatic heterocycles. The van der Waals surface area contributed by atoms with Crippen molar-refractivity contribution in [1.29, 1.82) is 0 Å². The number of rotatable bonds is 6. The van der Waals surface area contributed by atoms with Crippen LogP contribution in [-0.4, -0.2) is 33.2 Å². The first-order valence-corrected chi connectivity index (χ1v) is 5.35. The molecule has 1 aromatic rings. The summed E-state index contributed by atoms with van der Waals surface area (Å²) in [5.74, 6) is 1.66. The highest BCUT2D eigenvalue weighted by molar-refractivity contribution is 14.0. The molecule has 0 unspecified atom stereocenters. The number of furan rings is 1. The van der Waals surface area contributed by atoms with Crippen LogP contribution in [0.15, 0.2) is 27.8 Å². The lowest BCUT2D eigenvalue weighted by atomic mass is 10.4. The van der Waals surface area contributed by atoms with Crippen LogP contribution >= 0.6 is 24.0 Å². The Kier molecular flexibility index (Phi) is 9.93. The van der Waals surface area contributed by atoms with Crippen LogP contribution in [0.1, 0.15) is 12.2 Å². The number of aliphatic imine (C=N–C) groups is 1. The van der Waals surface area contributed by atoms with Gasteiger partial charge in [-0.2, -0.15) is 0 Å². The lowest BCUT2D eigenvalue weighted by Gasteiger charge is -2.08. The average molecular weight is 353 g/mol. The Morgan fingerprint density at radius 1 is 1.53 bits per heavy atom. The summed E-state index contributed by atoms with van der Waals surface area (Å²) in [5.41, 5.74) is 0. The lowest BCUT2D eigenvalue weighted by molar-refractivity contribution is 0.105. The highest BCUT2D eigenvalue weighted by Gasteiger charge is 1.96. The summed E-state index contributed by atoms with van der Waals surface area (Å²) in [5, 5.41) is 6.10. The molecule has 0 saturated carbocycles. The Labute approximate surface area is 119 Å². The molecule has 0 aromatic carbocycles. The molecule has 0 bridgehead atoms. The second-order valence-electron chi connectivity index (χ2n) is 3.23. The second-order valence-corrected chi connectivity index (χ2v) is 3.23. The van der Waals surface area contributed by atoms with Crippen molar-refractivity contribution < 1.29 is 9.15 Å². The molecule has 2 N–H and O–H groups in total. The minimum Gasteiger partial charge on any atom is -0.467 e. The molecule has 98 valence electrons. The molecule has 0 saturated heterocycles. The van der Waals surface area contributed by atoms with E-state index in [-0.39, 0.29) is 24.0 Å². The number of halogens is 1. The molecule has 0 aliphatic carbocycles. The summed E-state index contributed by atoms with van der Waals surface area (Å²) in [7, 11) is 3.58. The Morgan fingerprint density at radius 2 is 2.35 bits per heavy atom. The molecule has 1 aromatic heterocycles. The fourth-order valence-corrected chi connectivity index (χ4v) is 1.23. The van der Waals surface area contributed by atoms with Crippen molar-refractivity contribution >= 4 is 29.9 Å². The standard InChI is InChI=1S/C11H19N3O2.HI/c1-12-11(13-2)14-6-4-7-15-9-10-5-3-8-16-10;/h3,5,8H,4,6-7,9H2,1-2H3,(H2,12,13,14);1H. The van der Waals surface area contributed by atoms with Gasteiger partial charge in [0.05, 0.1) is 6.26 Å². The van der Waals surface area contributed by atoms with Crippen molar-refractivity contribution in [3.63, 3.8) is 0 Å². The topological polar surface area (TPSA) is 58.8 Å². The van der Waals surface area contributed by atoms with Crippen LogP contribution in [0.5, 0.6) is 0 Å².